The fourth-order valence-electron chi connectivity index (χ4n) is 3.81. The largest absolute Gasteiger partial charge is 0.491 e. The number of nitrogens with one attached hydrogen (secondary N) is 3. The van der Waals surface area contributed by atoms with Crippen LogP contribution in [0, 0.1) is 5.41 Å². The van der Waals surface area contributed by atoms with Crippen molar-refractivity contribution in [2.75, 3.05) is 50.8 Å². The van der Waals surface area contributed by atoms with Crippen molar-refractivity contribution in [3.63, 3.8) is 0 Å². The van der Waals surface area contributed by atoms with Gasteiger partial charge in [0, 0.05) is 38.9 Å². The Morgan fingerprint density at radius 2 is 2.03 bits per heavy atom. The zero-order valence-electron chi connectivity index (χ0n) is 19.6. The molecular weight excluding hydrogens is 416 g/mol. The number of piperazine rings is 1. The number of nitrogens with zero attached hydrogens (tertiary/aromatic N) is 3. The summed E-state index contributed by atoms with van der Waals surface area (Å²) in [6.45, 7) is 8.69. The van der Waals surface area contributed by atoms with Gasteiger partial charge in [-0.25, -0.2) is 4.98 Å². The van der Waals surface area contributed by atoms with Gasteiger partial charge in [-0.2, -0.15) is 0 Å². The van der Waals surface area contributed by atoms with Crippen molar-refractivity contribution in [2.45, 2.75) is 32.6 Å². The van der Waals surface area contributed by atoms with Gasteiger partial charge in [0.05, 0.1) is 24.2 Å². The maximum atomic E-state index is 12.2. The molecule has 1 saturated heterocycles. The van der Waals surface area contributed by atoms with Crippen LogP contribution in [-0.2, 0) is 0 Å². The van der Waals surface area contributed by atoms with Gasteiger partial charge in [-0.1, -0.05) is 25.5 Å². The van der Waals surface area contributed by atoms with E-state index in [2.05, 4.69) is 50.2 Å². The molecule has 1 aromatic heterocycles. The van der Waals surface area contributed by atoms with Gasteiger partial charge in [0.25, 0.3) is 5.91 Å². The van der Waals surface area contributed by atoms with E-state index in [0.717, 1.165) is 70.8 Å². The summed E-state index contributed by atoms with van der Waals surface area (Å²) in [7, 11) is 0. The second kappa shape index (κ2) is 13.4. The molecule has 1 amide bonds. The zero-order chi connectivity index (χ0) is 23.3. The summed E-state index contributed by atoms with van der Waals surface area (Å²) in [5, 5.41) is 9.92. The molecule has 0 spiro atoms. The van der Waals surface area contributed by atoms with E-state index in [-0.39, 0.29) is 5.91 Å². The molecule has 1 aliphatic rings. The lowest BCUT2D eigenvalue weighted by molar-refractivity contribution is 0.0943. The number of hydrogen-bond donors (Lipinski definition) is 3. The number of para-hydroxylation sites is 2. The summed E-state index contributed by atoms with van der Waals surface area (Å²) in [6.07, 6.45) is 10.2. The highest BCUT2D eigenvalue weighted by molar-refractivity contribution is 5.90. The number of anilines is 1. The van der Waals surface area contributed by atoms with Crippen molar-refractivity contribution in [3.8, 4) is 5.75 Å². The molecule has 33 heavy (non-hydrogen) atoms. The third-order valence-corrected chi connectivity index (χ3v) is 5.70. The molecule has 1 aromatic carbocycles. The van der Waals surface area contributed by atoms with Gasteiger partial charge in [-0.15, -0.1) is 0 Å². The number of amides is 1. The van der Waals surface area contributed by atoms with Crippen LogP contribution < -0.4 is 15.0 Å². The first-order valence-corrected chi connectivity index (χ1v) is 11.9. The maximum Gasteiger partial charge on any atom is 0.287 e. The topological polar surface area (TPSA) is 97.3 Å². The number of carbonyl (C=O) groups is 1. The van der Waals surface area contributed by atoms with Crippen molar-refractivity contribution >= 4 is 23.9 Å². The van der Waals surface area contributed by atoms with Gasteiger partial charge >= 0.3 is 0 Å². The van der Waals surface area contributed by atoms with Crippen LogP contribution >= 0.6 is 0 Å². The van der Waals surface area contributed by atoms with Crippen LogP contribution in [0.4, 0.5) is 5.69 Å². The molecule has 0 aliphatic carbocycles. The number of aromatic nitrogens is 2. The molecule has 3 rings (SSSR count). The van der Waals surface area contributed by atoms with Crippen LogP contribution in [0.25, 0.3) is 6.08 Å². The molecule has 0 atom stereocenters. The quantitative estimate of drug-likeness (QED) is 0.319. The molecule has 3 N–H and O–H groups in total. The first-order valence-electron chi connectivity index (χ1n) is 11.9. The summed E-state index contributed by atoms with van der Waals surface area (Å²) >= 11 is 0. The first-order chi connectivity index (χ1) is 16.2. The maximum absolute atomic E-state index is 12.2. The number of imidazole rings is 1. The van der Waals surface area contributed by atoms with E-state index in [1.54, 1.807) is 18.3 Å². The number of allylic oxidation sites excluding steroid dienone is 1. The zero-order valence-corrected chi connectivity index (χ0v) is 19.6. The lowest BCUT2D eigenvalue weighted by Crippen LogP contribution is -2.46. The van der Waals surface area contributed by atoms with E-state index in [9.17, 15) is 4.79 Å². The normalized spacial score (nSPS) is 14.5. The Morgan fingerprint density at radius 3 is 2.82 bits per heavy atom. The minimum absolute atomic E-state index is 0.196. The predicted octanol–water partition coefficient (Wildman–Crippen LogP) is 3.58. The Hall–Kier alpha value is -3.13. The molecule has 2 aromatic rings. The summed E-state index contributed by atoms with van der Waals surface area (Å²) in [5.41, 5.74) is 1.91. The second-order valence-electron chi connectivity index (χ2n) is 8.17. The molecule has 1 fully saturated rings. The number of benzene rings is 1. The van der Waals surface area contributed by atoms with E-state index in [0.29, 0.717) is 18.1 Å². The smallest absolute Gasteiger partial charge is 0.287 e. The highest BCUT2D eigenvalue weighted by atomic mass is 16.5. The summed E-state index contributed by atoms with van der Waals surface area (Å²) in [6, 6.07) is 8.35. The Bertz CT molecular complexity index is 902. The minimum atomic E-state index is -0.196. The fourth-order valence-corrected chi connectivity index (χ4v) is 3.81. The predicted molar refractivity (Wildman–Crippen MR) is 133 cm³/mol. The summed E-state index contributed by atoms with van der Waals surface area (Å²) in [4.78, 5) is 24.1. The van der Waals surface area contributed by atoms with Crippen LogP contribution in [0.3, 0.4) is 0 Å². The summed E-state index contributed by atoms with van der Waals surface area (Å²) < 4.78 is 6.01. The standard InChI is InChI=1S/C25H36N6O2/c1-2-3-19-33-23-11-5-4-10-22(23)31-17-15-30(16-18-31)14-7-6-13-27-25(32)24-28-20-21(29-24)9-8-12-26/h4-5,8-12,20,26H,2-3,6-7,13-19H2,1H3,(H,27,32)(H,28,29)/b9-8-,26-12?. The molecule has 8 heteroatoms. The highest BCUT2D eigenvalue weighted by Gasteiger charge is 2.19. The Labute approximate surface area is 196 Å². The van der Waals surface area contributed by atoms with Crippen LogP contribution in [0.2, 0.25) is 0 Å². The van der Waals surface area contributed by atoms with Crippen molar-refractivity contribution in [2.24, 2.45) is 0 Å². The molecule has 1 aliphatic heterocycles. The highest BCUT2D eigenvalue weighted by Crippen LogP contribution is 2.29. The molecule has 0 saturated carbocycles. The number of aromatic amines is 1. The monoisotopic (exact) mass is 452 g/mol. The second-order valence-corrected chi connectivity index (χ2v) is 8.17. The molecule has 0 radical (unpaired) electrons. The number of rotatable bonds is 13. The molecule has 178 valence electrons. The molecule has 0 unspecified atom stereocenters. The van der Waals surface area contributed by atoms with Gasteiger partial charge in [-0.05, 0) is 50.1 Å². The number of hydrogen-bond acceptors (Lipinski definition) is 6. The summed E-state index contributed by atoms with van der Waals surface area (Å²) in [5.74, 6) is 1.09. The Morgan fingerprint density at radius 1 is 1.21 bits per heavy atom. The van der Waals surface area contributed by atoms with E-state index in [1.165, 1.54) is 11.9 Å². The lowest BCUT2D eigenvalue weighted by atomic mass is 10.2. The molecule has 2 heterocycles. The van der Waals surface area contributed by atoms with E-state index >= 15 is 0 Å². The lowest BCUT2D eigenvalue weighted by Gasteiger charge is -2.36. The van der Waals surface area contributed by atoms with Crippen molar-refractivity contribution < 1.29 is 9.53 Å². The minimum Gasteiger partial charge on any atom is -0.491 e. The van der Waals surface area contributed by atoms with E-state index < -0.39 is 0 Å². The third kappa shape index (κ3) is 7.75. The third-order valence-electron chi connectivity index (χ3n) is 5.70. The SMILES string of the molecule is CCCCOc1ccccc1N1CCN(CCCCNC(=O)c2ncc(/C=C\C=N)[nH]2)CC1. The molecular formula is C25H36N6O2. The van der Waals surface area contributed by atoms with Crippen molar-refractivity contribution in [3.05, 3.63) is 48.1 Å². The van der Waals surface area contributed by atoms with Crippen LogP contribution in [0.1, 0.15) is 48.9 Å². The number of ether oxygens (including phenoxy) is 1. The fraction of sp³-hybridized carbons (Fsp3) is 0.480. The Kier molecular flexibility index (Phi) is 9.97. The van der Waals surface area contributed by atoms with Crippen molar-refractivity contribution in [1.82, 2.24) is 20.2 Å². The molecule has 8 nitrogen and oxygen atoms in total. The van der Waals surface area contributed by atoms with Crippen LogP contribution in [0.15, 0.2) is 36.5 Å². The Balaban J connectivity index is 1.33. The average Bonchev–Trinajstić information content (AvgIpc) is 3.32. The van der Waals surface area contributed by atoms with E-state index in [4.69, 9.17) is 10.1 Å². The van der Waals surface area contributed by atoms with Gasteiger partial charge in [0.1, 0.15) is 5.75 Å². The van der Waals surface area contributed by atoms with Crippen molar-refractivity contribution in [1.29, 1.82) is 5.41 Å². The van der Waals surface area contributed by atoms with Crippen LogP contribution in [0.5, 0.6) is 5.75 Å². The van der Waals surface area contributed by atoms with Crippen LogP contribution in [-0.4, -0.2) is 72.9 Å². The first kappa shape index (κ1) is 24.5. The van der Waals surface area contributed by atoms with Gasteiger partial charge in [-0.3, -0.25) is 9.69 Å². The van der Waals surface area contributed by atoms with E-state index in [1.807, 2.05) is 6.07 Å². The number of H-pyrrole nitrogens is 1. The average molecular weight is 453 g/mol. The van der Waals surface area contributed by atoms with Gasteiger partial charge in [0.2, 0.25) is 0 Å². The van der Waals surface area contributed by atoms with Gasteiger partial charge < -0.3 is 25.3 Å². The number of unbranched alkanes of at least 4 members (excludes halogenated alkanes) is 2. The number of carbonyl (C=O) groups excluding carboxylic acids is 1. The van der Waals surface area contributed by atoms with Gasteiger partial charge in [0.15, 0.2) is 5.82 Å². The molecule has 0 bridgehead atoms.